The average molecular weight is 436 g/mol. The van der Waals surface area contributed by atoms with Crippen molar-refractivity contribution < 1.29 is 19.1 Å². The number of anilines is 2. The van der Waals surface area contributed by atoms with Gasteiger partial charge in [0.1, 0.15) is 5.70 Å². The molecule has 0 saturated carbocycles. The molecule has 2 amide bonds. The van der Waals surface area contributed by atoms with Crippen molar-refractivity contribution in [3.8, 4) is 11.5 Å². The summed E-state index contributed by atoms with van der Waals surface area (Å²) in [7, 11) is 4.57. The highest BCUT2D eigenvalue weighted by Crippen LogP contribution is 2.35. The molecule has 1 saturated heterocycles. The average Bonchev–Trinajstić information content (AvgIpc) is 3.03. The minimum absolute atomic E-state index is 0.254. The second kappa shape index (κ2) is 8.94. The number of piperidine rings is 1. The Kier molecular flexibility index (Phi) is 6.08. The normalized spacial score (nSPS) is 17.2. The molecule has 7 nitrogen and oxygen atoms in total. The third kappa shape index (κ3) is 4.02. The predicted octanol–water partition coefficient (Wildman–Crippen LogP) is 3.76. The Morgan fingerprint density at radius 3 is 2.19 bits per heavy atom. The minimum atomic E-state index is -0.367. The SMILES string of the molecule is COc1ccc(C2=C(Nc3ccc(N4CCC(C)CC4)cc3)C(=O)N(C)C2=O)cc1OC. The number of benzene rings is 2. The van der Waals surface area contributed by atoms with Crippen molar-refractivity contribution in [2.45, 2.75) is 19.8 Å². The van der Waals surface area contributed by atoms with Crippen molar-refractivity contribution in [2.24, 2.45) is 5.92 Å². The molecular formula is C25H29N3O4. The standard InChI is InChI=1S/C25H29N3O4/c1-16-11-13-28(14-12-16)19-8-6-18(7-9-19)26-23-22(24(29)27(2)25(23)30)17-5-10-20(31-3)21(15-17)32-4/h5-10,15-16,26H,11-14H2,1-4H3. The molecule has 168 valence electrons. The van der Waals surface area contributed by atoms with Crippen LogP contribution in [0.25, 0.3) is 5.57 Å². The maximum absolute atomic E-state index is 12.9. The Bertz CT molecular complexity index is 1050. The lowest BCUT2D eigenvalue weighted by molar-refractivity contribution is -0.135. The molecule has 0 aliphatic carbocycles. The van der Waals surface area contributed by atoms with Gasteiger partial charge in [-0.1, -0.05) is 13.0 Å². The first kappa shape index (κ1) is 21.7. The molecule has 7 heteroatoms. The maximum Gasteiger partial charge on any atom is 0.277 e. The molecule has 2 heterocycles. The van der Waals surface area contributed by atoms with E-state index in [4.69, 9.17) is 9.47 Å². The van der Waals surface area contributed by atoms with Crippen molar-refractivity contribution in [1.82, 2.24) is 4.90 Å². The Morgan fingerprint density at radius 2 is 1.56 bits per heavy atom. The summed E-state index contributed by atoms with van der Waals surface area (Å²) in [6.45, 7) is 4.41. The molecule has 0 unspecified atom stereocenters. The van der Waals surface area contributed by atoms with E-state index in [0.29, 0.717) is 22.6 Å². The summed E-state index contributed by atoms with van der Waals surface area (Å²) in [6, 6.07) is 13.2. The molecule has 2 aromatic carbocycles. The summed E-state index contributed by atoms with van der Waals surface area (Å²) in [5.74, 6) is 1.10. The number of nitrogens with one attached hydrogen (secondary N) is 1. The molecule has 2 aliphatic rings. The fourth-order valence-electron chi connectivity index (χ4n) is 4.18. The van der Waals surface area contributed by atoms with E-state index in [1.165, 1.54) is 32.7 Å². The van der Waals surface area contributed by atoms with Gasteiger partial charge >= 0.3 is 0 Å². The Hall–Kier alpha value is -3.48. The number of ether oxygens (including phenoxy) is 2. The minimum Gasteiger partial charge on any atom is -0.493 e. The zero-order valence-corrected chi connectivity index (χ0v) is 19.0. The van der Waals surface area contributed by atoms with E-state index in [1.807, 2.05) is 12.1 Å². The molecule has 1 N–H and O–H groups in total. The largest absolute Gasteiger partial charge is 0.493 e. The molecule has 2 aliphatic heterocycles. The topological polar surface area (TPSA) is 71.1 Å². The van der Waals surface area contributed by atoms with Gasteiger partial charge in [0, 0.05) is 31.5 Å². The van der Waals surface area contributed by atoms with Crippen molar-refractivity contribution in [3.05, 3.63) is 53.7 Å². The van der Waals surface area contributed by atoms with Gasteiger partial charge in [-0.15, -0.1) is 0 Å². The number of methoxy groups -OCH3 is 2. The summed E-state index contributed by atoms with van der Waals surface area (Å²) in [5, 5.41) is 3.18. The van der Waals surface area contributed by atoms with Gasteiger partial charge in [0.2, 0.25) is 0 Å². The van der Waals surface area contributed by atoms with Gasteiger partial charge in [-0.05, 0) is 60.7 Å². The fourth-order valence-corrected chi connectivity index (χ4v) is 4.18. The van der Waals surface area contributed by atoms with E-state index < -0.39 is 0 Å². The van der Waals surface area contributed by atoms with Crippen LogP contribution in [0.5, 0.6) is 11.5 Å². The number of hydrogen-bond acceptors (Lipinski definition) is 6. The molecule has 2 aromatic rings. The van der Waals surface area contributed by atoms with Gasteiger partial charge in [-0.2, -0.15) is 0 Å². The number of hydrogen-bond donors (Lipinski definition) is 1. The monoisotopic (exact) mass is 435 g/mol. The van der Waals surface area contributed by atoms with Crippen molar-refractivity contribution in [1.29, 1.82) is 0 Å². The van der Waals surface area contributed by atoms with Crippen molar-refractivity contribution in [3.63, 3.8) is 0 Å². The zero-order chi connectivity index (χ0) is 22.8. The fraction of sp³-hybridized carbons (Fsp3) is 0.360. The Morgan fingerprint density at radius 1 is 0.906 bits per heavy atom. The van der Waals surface area contributed by atoms with Crippen LogP contribution < -0.4 is 19.7 Å². The number of likely N-dealkylation sites (N-methyl/N-ethyl adjacent to an activating group) is 1. The van der Waals surface area contributed by atoms with E-state index in [2.05, 4.69) is 29.3 Å². The van der Waals surface area contributed by atoms with Gasteiger partial charge < -0.3 is 19.7 Å². The van der Waals surface area contributed by atoms with Crippen LogP contribution in [-0.2, 0) is 9.59 Å². The lowest BCUT2D eigenvalue weighted by Gasteiger charge is -2.32. The highest BCUT2D eigenvalue weighted by Gasteiger charge is 2.37. The summed E-state index contributed by atoms with van der Waals surface area (Å²) < 4.78 is 10.7. The quantitative estimate of drug-likeness (QED) is 0.697. The third-order valence-corrected chi connectivity index (χ3v) is 6.24. The number of nitrogens with zero attached hydrogens (tertiary/aromatic N) is 2. The van der Waals surface area contributed by atoms with Crippen LogP contribution in [0, 0.1) is 5.92 Å². The predicted molar refractivity (Wildman–Crippen MR) is 125 cm³/mol. The number of carbonyl (C=O) groups is 2. The molecular weight excluding hydrogens is 406 g/mol. The van der Waals surface area contributed by atoms with E-state index in [1.54, 1.807) is 25.3 Å². The van der Waals surface area contributed by atoms with E-state index in [9.17, 15) is 9.59 Å². The van der Waals surface area contributed by atoms with Crippen LogP contribution in [0.15, 0.2) is 48.2 Å². The Labute approximate surface area is 188 Å². The lowest BCUT2D eigenvalue weighted by atomic mass is 9.99. The maximum atomic E-state index is 12.9. The second-order valence-electron chi connectivity index (χ2n) is 8.33. The Balaban J connectivity index is 1.63. The van der Waals surface area contributed by atoms with E-state index in [-0.39, 0.29) is 17.5 Å². The molecule has 4 rings (SSSR count). The van der Waals surface area contributed by atoms with Crippen molar-refractivity contribution >= 4 is 28.8 Å². The molecule has 0 bridgehead atoms. The smallest absolute Gasteiger partial charge is 0.277 e. The molecule has 1 fully saturated rings. The first-order valence-corrected chi connectivity index (χ1v) is 10.8. The van der Waals surface area contributed by atoms with Gasteiger partial charge in [0.25, 0.3) is 11.8 Å². The summed E-state index contributed by atoms with van der Waals surface area (Å²) in [5.41, 5.74) is 3.08. The van der Waals surface area contributed by atoms with Crippen LogP contribution >= 0.6 is 0 Å². The molecule has 0 spiro atoms. The summed E-state index contributed by atoms with van der Waals surface area (Å²) in [6.07, 6.45) is 2.40. The van der Waals surface area contributed by atoms with Crippen molar-refractivity contribution in [2.75, 3.05) is 44.6 Å². The number of rotatable bonds is 6. The van der Waals surface area contributed by atoms with Gasteiger partial charge in [0.15, 0.2) is 11.5 Å². The van der Waals surface area contributed by atoms with E-state index >= 15 is 0 Å². The van der Waals surface area contributed by atoms with Gasteiger partial charge in [-0.3, -0.25) is 14.5 Å². The summed E-state index contributed by atoms with van der Waals surface area (Å²) in [4.78, 5) is 29.2. The number of imide groups is 1. The van der Waals surface area contributed by atoms with Crippen LogP contribution in [0.3, 0.4) is 0 Å². The first-order chi connectivity index (χ1) is 15.4. The molecule has 32 heavy (non-hydrogen) atoms. The van der Waals surface area contributed by atoms with Gasteiger partial charge in [0.05, 0.1) is 19.8 Å². The van der Waals surface area contributed by atoms with Crippen LogP contribution in [0.4, 0.5) is 11.4 Å². The van der Waals surface area contributed by atoms with Crippen LogP contribution in [0.1, 0.15) is 25.3 Å². The number of carbonyl (C=O) groups excluding carboxylic acids is 2. The highest BCUT2D eigenvalue weighted by atomic mass is 16.5. The van der Waals surface area contributed by atoms with Crippen LogP contribution in [-0.4, -0.2) is 51.1 Å². The van der Waals surface area contributed by atoms with Crippen LogP contribution in [0.2, 0.25) is 0 Å². The lowest BCUT2D eigenvalue weighted by Crippen LogP contribution is -2.32. The van der Waals surface area contributed by atoms with Gasteiger partial charge in [-0.25, -0.2) is 0 Å². The second-order valence-corrected chi connectivity index (χ2v) is 8.33. The van der Waals surface area contributed by atoms with E-state index in [0.717, 1.165) is 29.6 Å². The highest BCUT2D eigenvalue weighted by molar-refractivity contribution is 6.36. The molecule has 0 radical (unpaired) electrons. The molecule has 0 aromatic heterocycles. The zero-order valence-electron chi connectivity index (χ0n) is 19.0. The number of amides is 2. The first-order valence-electron chi connectivity index (χ1n) is 10.8. The third-order valence-electron chi connectivity index (χ3n) is 6.24. The molecule has 0 atom stereocenters. The summed E-state index contributed by atoms with van der Waals surface area (Å²) >= 11 is 0.